The van der Waals surface area contributed by atoms with Gasteiger partial charge < -0.3 is 9.80 Å². The maximum Gasteiger partial charge on any atom is 0.222 e. The number of hydrogen-bond acceptors (Lipinski definition) is 4. The van der Waals surface area contributed by atoms with Crippen molar-refractivity contribution in [1.29, 1.82) is 0 Å². The fourth-order valence-electron chi connectivity index (χ4n) is 3.34. The highest BCUT2D eigenvalue weighted by Crippen LogP contribution is 2.19. The molecular formula is C16H24N4O. The molecule has 2 aliphatic rings. The van der Waals surface area contributed by atoms with E-state index < -0.39 is 0 Å². The first-order valence-corrected chi connectivity index (χ1v) is 7.83. The number of amides is 1. The summed E-state index contributed by atoms with van der Waals surface area (Å²) in [5.74, 6) is 0.935. The molecule has 3 rings (SSSR count). The van der Waals surface area contributed by atoms with Gasteiger partial charge in [-0.15, -0.1) is 0 Å². The van der Waals surface area contributed by atoms with Crippen LogP contribution in [0.5, 0.6) is 0 Å². The molecule has 2 fully saturated rings. The zero-order chi connectivity index (χ0) is 14.7. The SMILES string of the molecule is CN1CC(CN2CCN(c3cccnc3)CC2)CCC1=O. The van der Waals surface area contributed by atoms with Gasteiger partial charge in [0.2, 0.25) is 5.91 Å². The molecule has 0 N–H and O–H groups in total. The van der Waals surface area contributed by atoms with Crippen LogP contribution in [0.15, 0.2) is 24.5 Å². The van der Waals surface area contributed by atoms with E-state index in [4.69, 9.17) is 0 Å². The van der Waals surface area contributed by atoms with Gasteiger partial charge in [-0.1, -0.05) is 0 Å². The third-order valence-corrected chi connectivity index (χ3v) is 4.62. The van der Waals surface area contributed by atoms with E-state index in [0.29, 0.717) is 11.8 Å². The number of aromatic nitrogens is 1. The smallest absolute Gasteiger partial charge is 0.222 e. The number of likely N-dealkylation sites (tertiary alicyclic amines) is 1. The second-order valence-corrected chi connectivity index (χ2v) is 6.18. The molecule has 0 radical (unpaired) electrons. The summed E-state index contributed by atoms with van der Waals surface area (Å²) >= 11 is 0. The lowest BCUT2D eigenvalue weighted by Crippen LogP contribution is -2.49. The lowest BCUT2D eigenvalue weighted by molar-refractivity contribution is -0.133. The number of pyridine rings is 1. The molecule has 0 aliphatic carbocycles. The van der Waals surface area contributed by atoms with Crippen molar-refractivity contribution in [2.45, 2.75) is 12.8 Å². The molecule has 1 amide bonds. The fourth-order valence-corrected chi connectivity index (χ4v) is 3.34. The number of rotatable bonds is 3. The van der Waals surface area contributed by atoms with E-state index in [1.807, 2.05) is 30.4 Å². The predicted octanol–water partition coefficient (Wildman–Crippen LogP) is 1.07. The normalized spacial score (nSPS) is 24.4. The van der Waals surface area contributed by atoms with Gasteiger partial charge in [-0.05, 0) is 24.5 Å². The van der Waals surface area contributed by atoms with Crippen molar-refractivity contribution in [2.24, 2.45) is 5.92 Å². The van der Waals surface area contributed by atoms with Gasteiger partial charge in [-0.25, -0.2) is 0 Å². The Labute approximate surface area is 126 Å². The number of piperazine rings is 1. The zero-order valence-corrected chi connectivity index (χ0v) is 12.7. The number of piperidine rings is 1. The minimum Gasteiger partial charge on any atom is -0.368 e. The number of hydrogen-bond donors (Lipinski definition) is 0. The molecule has 0 bridgehead atoms. The van der Waals surface area contributed by atoms with Gasteiger partial charge in [0.05, 0.1) is 11.9 Å². The minimum atomic E-state index is 0.299. The molecule has 1 atom stereocenters. The van der Waals surface area contributed by atoms with E-state index in [0.717, 1.165) is 52.1 Å². The van der Waals surface area contributed by atoms with Gasteiger partial charge in [0.25, 0.3) is 0 Å². The highest BCUT2D eigenvalue weighted by Gasteiger charge is 2.26. The summed E-state index contributed by atoms with van der Waals surface area (Å²) in [5.41, 5.74) is 1.22. The molecule has 1 aromatic rings. The molecule has 0 spiro atoms. The summed E-state index contributed by atoms with van der Waals surface area (Å²) in [6.07, 6.45) is 5.53. The number of nitrogens with zero attached hydrogens (tertiary/aromatic N) is 4. The van der Waals surface area contributed by atoms with Crippen molar-refractivity contribution in [3.05, 3.63) is 24.5 Å². The Hall–Kier alpha value is -1.62. The van der Waals surface area contributed by atoms with Crippen molar-refractivity contribution in [1.82, 2.24) is 14.8 Å². The Morgan fingerprint density at radius 3 is 2.76 bits per heavy atom. The van der Waals surface area contributed by atoms with E-state index in [2.05, 4.69) is 20.9 Å². The summed E-state index contributed by atoms with van der Waals surface area (Å²) in [5, 5.41) is 0. The summed E-state index contributed by atoms with van der Waals surface area (Å²) < 4.78 is 0. The first kappa shape index (κ1) is 14.3. The summed E-state index contributed by atoms with van der Waals surface area (Å²) in [7, 11) is 1.93. The standard InChI is InChI=1S/C16H24N4O/c1-18-12-14(4-5-16(18)21)13-19-7-9-20(10-8-19)15-3-2-6-17-11-15/h2-3,6,11,14H,4-5,7-10,12-13H2,1H3. The highest BCUT2D eigenvalue weighted by atomic mass is 16.2. The second kappa shape index (κ2) is 6.43. The molecule has 2 saturated heterocycles. The molecule has 0 saturated carbocycles. The van der Waals surface area contributed by atoms with Crippen LogP contribution in [0.3, 0.4) is 0 Å². The van der Waals surface area contributed by atoms with Crippen LogP contribution < -0.4 is 4.90 Å². The van der Waals surface area contributed by atoms with Crippen molar-refractivity contribution in [3.8, 4) is 0 Å². The molecule has 1 unspecified atom stereocenters. The van der Waals surface area contributed by atoms with Crippen LogP contribution in [-0.2, 0) is 4.79 Å². The first-order chi connectivity index (χ1) is 10.2. The van der Waals surface area contributed by atoms with Gasteiger partial charge in [-0.2, -0.15) is 0 Å². The summed E-state index contributed by atoms with van der Waals surface area (Å²) in [6, 6.07) is 4.13. The Morgan fingerprint density at radius 2 is 2.10 bits per heavy atom. The van der Waals surface area contributed by atoms with Crippen molar-refractivity contribution in [2.75, 3.05) is 51.2 Å². The lowest BCUT2D eigenvalue weighted by atomic mass is 9.97. The van der Waals surface area contributed by atoms with E-state index in [1.165, 1.54) is 5.69 Å². The molecule has 5 heteroatoms. The third kappa shape index (κ3) is 3.53. The zero-order valence-electron chi connectivity index (χ0n) is 12.7. The van der Waals surface area contributed by atoms with Crippen molar-refractivity contribution in [3.63, 3.8) is 0 Å². The van der Waals surface area contributed by atoms with Gasteiger partial charge in [0, 0.05) is 58.9 Å². The van der Waals surface area contributed by atoms with Crippen LogP contribution in [0.1, 0.15) is 12.8 Å². The van der Waals surface area contributed by atoms with Crippen LogP contribution >= 0.6 is 0 Å². The molecule has 21 heavy (non-hydrogen) atoms. The predicted molar refractivity (Wildman–Crippen MR) is 83.3 cm³/mol. The van der Waals surface area contributed by atoms with Gasteiger partial charge in [0.1, 0.15) is 0 Å². The Morgan fingerprint density at radius 1 is 1.29 bits per heavy atom. The lowest BCUT2D eigenvalue weighted by Gasteiger charge is -2.39. The molecule has 2 aliphatic heterocycles. The molecule has 5 nitrogen and oxygen atoms in total. The number of anilines is 1. The number of carbonyl (C=O) groups excluding carboxylic acids is 1. The molecule has 114 valence electrons. The molecule has 3 heterocycles. The quantitative estimate of drug-likeness (QED) is 0.834. The van der Waals surface area contributed by atoms with Crippen LogP contribution in [0.25, 0.3) is 0 Å². The monoisotopic (exact) mass is 288 g/mol. The third-order valence-electron chi connectivity index (χ3n) is 4.62. The van der Waals surface area contributed by atoms with Crippen molar-refractivity contribution >= 4 is 11.6 Å². The van der Waals surface area contributed by atoms with E-state index in [9.17, 15) is 4.79 Å². The van der Waals surface area contributed by atoms with Crippen LogP contribution in [0, 0.1) is 5.92 Å². The van der Waals surface area contributed by atoms with Crippen molar-refractivity contribution < 1.29 is 4.79 Å². The van der Waals surface area contributed by atoms with Gasteiger partial charge in [-0.3, -0.25) is 14.7 Å². The second-order valence-electron chi connectivity index (χ2n) is 6.18. The average Bonchev–Trinajstić information content (AvgIpc) is 2.53. The average molecular weight is 288 g/mol. The molecule has 1 aromatic heterocycles. The fraction of sp³-hybridized carbons (Fsp3) is 0.625. The molecular weight excluding hydrogens is 264 g/mol. The summed E-state index contributed by atoms with van der Waals surface area (Å²) in [4.78, 5) is 22.6. The van der Waals surface area contributed by atoms with E-state index in [-0.39, 0.29) is 0 Å². The Balaban J connectivity index is 1.47. The van der Waals surface area contributed by atoms with Crippen LogP contribution in [-0.4, -0.2) is 67.0 Å². The maximum absolute atomic E-state index is 11.5. The Bertz CT molecular complexity index is 470. The topological polar surface area (TPSA) is 39.7 Å². The van der Waals surface area contributed by atoms with Crippen LogP contribution in [0.4, 0.5) is 5.69 Å². The Kier molecular flexibility index (Phi) is 4.39. The minimum absolute atomic E-state index is 0.299. The maximum atomic E-state index is 11.5. The van der Waals surface area contributed by atoms with Gasteiger partial charge >= 0.3 is 0 Å². The van der Waals surface area contributed by atoms with Gasteiger partial charge in [0.15, 0.2) is 0 Å². The van der Waals surface area contributed by atoms with Crippen LogP contribution in [0.2, 0.25) is 0 Å². The summed E-state index contributed by atoms with van der Waals surface area (Å²) in [6.45, 7) is 6.37. The molecule has 0 aromatic carbocycles. The number of carbonyl (C=O) groups is 1. The highest BCUT2D eigenvalue weighted by molar-refractivity contribution is 5.76. The largest absolute Gasteiger partial charge is 0.368 e. The first-order valence-electron chi connectivity index (χ1n) is 7.83. The van der Waals surface area contributed by atoms with E-state index >= 15 is 0 Å². The van der Waals surface area contributed by atoms with E-state index in [1.54, 1.807) is 0 Å².